The van der Waals surface area contributed by atoms with Gasteiger partial charge in [-0.1, -0.05) is 44.7 Å². The standard InChI is InChI=1S/C26H33F3N4O/c1-3-22-18(2)30-24(20-9-6-10-21(17-20)26(27,28)29)31-25(22)33-15-13-32(14-16-33)23(34)12-11-19-7-4-5-8-19/h6,9-10,17,19H,3-5,7-8,11-16H2,1-2H3. The lowest BCUT2D eigenvalue weighted by Crippen LogP contribution is -2.49. The molecule has 1 aromatic heterocycles. The number of aryl methyl sites for hydroxylation is 1. The number of alkyl halides is 3. The van der Waals surface area contributed by atoms with Crippen LogP contribution in [0.1, 0.15) is 62.3 Å². The fourth-order valence-electron chi connectivity index (χ4n) is 5.17. The van der Waals surface area contributed by atoms with Gasteiger partial charge in [-0.25, -0.2) is 9.97 Å². The van der Waals surface area contributed by atoms with Crippen molar-refractivity contribution in [1.29, 1.82) is 0 Å². The quantitative estimate of drug-likeness (QED) is 0.543. The first-order valence-electron chi connectivity index (χ1n) is 12.3. The first-order valence-corrected chi connectivity index (χ1v) is 12.3. The van der Waals surface area contributed by atoms with Crippen LogP contribution in [-0.2, 0) is 17.4 Å². The summed E-state index contributed by atoms with van der Waals surface area (Å²) in [5.74, 6) is 1.99. The molecule has 1 aliphatic heterocycles. The molecular weight excluding hydrogens is 441 g/mol. The summed E-state index contributed by atoms with van der Waals surface area (Å²) >= 11 is 0. The van der Waals surface area contributed by atoms with Crippen molar-refractivity contribution in [3.63, 3.8) is 0 Å². The molecule has 2 heterocycles. The number of anilines is 1. The van der Waals surface area contributed by atoms with Gasteiger partial charge in [-0.2, -0.15) is 13.2 Å². The van der Waals surface area contributed by atoms with Gasteiger partial charge >= 0.3 is 6.18 Å². The van der Waals surface area contributed by atoms with E-state index in [4.69, 9.17) is 4.98 Å². The molecule has 2 fully saturated rings. The largest absolute Gasteiger partial charge is 0.416 e. The summed E-state index contributed by atoms with van der Waals surface area (Å²) in [6.07, 6.45) is 3.00. The molecule has 1 aliphatic carbocycles. The third-order valence-corrected chi connectivity index (χ3v) is 7.17. The molecule has 1 saturated carbocycles. The zero-order valence-corrected chi connectivity index (χ0v) is 20.0. The van der Waals surface area contributed by atoms with Gasteiger partial charge < -0.3 is 9.80 Å². The summed E-state index contributed by atoms with van der Waals surface area (Å²) in [5, 5.41) is 0. The molecular formula is C26H33F3N4O. The molecule has 1 aromatic carbocycles. The maximum Gasteiger partial charge on any atom is 0.416 e. The van der Waals surface area contributed by atoms with E-state index in [9.17, 15) is 18.0 Å². The van der Waals surface area contributed by atoms with Crippen molar-refractivity contribution in [3.8, 4) is 11.4 Å². The van der Waals surface area contributed by atoms with Crippen LogP contribution in [0.5, 0.6) is 0 Å². The summed E-state index contributed by atoms with van der Waals surface area (Å²) in [5.41, 5.74) is 1.41. The highest BCUT2D eigenvalue weighted by molar-refractivity contribution is 5.76. The number of amides is 1. The van der Waals surface area contributed by atoms with Gasteiger partial charge in [-0.3, -0.25) is 4.79 Å². The summed E-state index contributed by atoms with van der Waals surface area (Å²) in [4.78, 5) is 26.1. The molecule has 1 amide bonds. The number of hydrogen-bond acceptors (Lipinski definition) is 4. The molecule has 0 unspecified atom stereocenters. The van der Waals surface area contributed by atoms with Gasteiger partial charge in [0, 0.05) is 49.4 Å². The second-order valence-corrected chi connectivity index (χ2v) is 9.42. The Morgan fingerprint density at radius 3 is 2.44 bits per heavy atom. The lowest BCUT2D eigenvalue weighted by Gasteiger charge is -2.36. The SMILES string of the molecule is CCc1c(C)nc(-c2cccc(C(F)(F)F)c2)nc1N1CCN(C(=O)CCC2CCCC2)CC1. The Morgan fingerprint density at radius 1 is 1.09 bits per heavy atom. The number of benzene rings is 1. The van der Waals surface area contributed by atoms with Crippen LogP contribution in [0.25, 0.3) is 11.4 Å². The number of hydrogen-bond donors (Lipinski definition) is 0. The Morgan fingerprint density at radius 2 is 1.79 bits per heavy atom. The Kier molecular flexibility index (Phi) is 7.43. The van der Waals surface area contributed by atoms with E-state index >= 15 is 0 Å². The first-order chi connectivity index (χ1) is 16.3. The minimum absolute atomic E-state index is 0.228. The molecule has 0 atom stereocenters. The molecule has 5 nitrogen and oxygen atoms in total. The number of piperazine rings is 1. The molecule has 34 heavy (non-hydrogen) atoms. The van der Waals surface area contributed by atoms with E-state index in [1.54, 1.807) is 6.07 Å². The van der Waals surface area contributed by atoms with Crippen LogP contribution < -0.4 is 4.90 Å². The highest BCUT2D eigenvalue weighted by Gasteiger charge is 2.31. The fourth-order valence-corrected chi connectivity index (χ4v) is 5.17. The Balaban J connectivity index is 1.48. The number of halogens is 3. The highest BCUT2D eigenvalue weighted by Crippen LogP contribution is 2.33. The van der Waals surface area contributed by atoms with Crippen molar-refractivity contribution < 1.29 is 18.0 Å². The number of aromatic nitrogens is 2. The van der Waals surface area contributed by atoms with Crippen molar-refractivity contribution >= 4 is 11.7 Å². The summed E-state index contributed by atoms with van der Waals surface area (Å²) < 4.78 is 39.6. The van der Waals surface area contributed by atoms with Gasteiger partial charge in [0.05, 0.1) is 5.56 Å². The van der Waals surface area contributed by atoms with E-state index in [0.717, 1.165) is 42.0 Å². The second kappa shape index (κ2) is 10.3. The van der Waals surface area contributed by atoms with E-state index in [-0.39, 0.29) is 5.91 Å². The Bertz CT molecular complexity index is 1010. The van der Waals surface area contributed by atoms with Crippen LogP contribution in [0.3, 0.4) is 0 Å². The number of carbonyl (C=O) groups excluding carboxylic acids is 1. The molecule has 0 bridgehead atoms. The third kappa shape index (κ3) is 5.53. The molecule has 0 spiro atoms. The topological polar surface area (TPSA) is 49.3 Å². The zero-order valence-electron chi connectivity index (χ0n) is 20.0. The average molecular weight is 475 g/mol. The fraction of sp³-hybridized carbons (Fsp3) is 0.577. The van der Waals surface area contributed by atoms with E-state index in [2.05, 4.69) is 9.88 Å². The van der Waals surface area contributed by atoms with Gasteiger partial charge in [0.2, 0.25) is 5.91 Å². The third-order valence-electron chi connectivity index (χ3n) is 7.17. The van der Waals surface area contributed by atoms with Crippen LogP contribution in [0.4, 0.5) is 19.0 Å². The molecule has 184 valence electrons. The van der Waals surface area contributed by atoms with Gasteiger partial charge in [0.25, 0.3) is 0 Å². The van der Waals surface area contributed by atoms with Gasteiger partial charge in [-0.15, -0.1) is 0 Å². The molecule has 1 saturated heterocycles. The molecule has 2 aliphatic rings. The molecule has 4 rings (SSSR count). The van der Waals surface area contributed by atoms with E-state index in [1.807, 2.05) is 18.7 Å². The Hall–Kier alpha value is -2.64. The average Bonchev–Trinajstić information content (AvgIpc) is 3.35. The van der Waals surface area contributed by atoms with E-state index < -0.39 is 11.7 Å². The van der Waals surface area contributed by atoms with Crippen molar-refractivity contribution in [1.82, 2.24) is 14.9 Å². The lowest BCUT2D eigenvalue weighted by molar-refractivity contribution is -0.137. The van der Waals surface area contributed by atoms with Crippen LogP contribution in [-0.4, -0.2) is 47.0 Å². The van der Waals surface area contributed by atoms with E-state index in [1.165, 1.54) is 31.7 Å². The second-order valence-electron chi connectivity index (χ2n) is 9.42. The predicted molar refractivity (Wildman–Crippen MR) is 127 cm³/mol. The summed E-state index contributed by atoms with van der Waals surface area (Å²) in [7, 11) is 0. The van der Waals surface area contributed by atoms with Crippen LogP contribution in [0.15, 0.2) is 24.3 Å². The first kappa shape index (κ1) is 24.5. The summed E-state index contributed by atoms with van der Waals surface area (Å²) in [6, 6.07) is 5.16. The van der Waals surface area contributed by atoms with Crippen LogP contribution >= 0.6 is 0 Å². The molecule has 0 radical (unpaired) electrons. The number of rotatable bonds is 6. The number of nitrogens with zero attached hydrogens (tertiary/aromatic N) is 4. The normalized spacial score (nSPS) is 17.4. The molecule has 8 heteroatoms. The highest BCUT2D eigenvalue weighted by atomic mass is 19.4. The van der Waals surface area contributed by atoms with Crippen LogP contribution in [0.2, 0.25) is 0 Å². The van der Waals surface area contributed by atoms with E-state index in [0.29, 0.717) is 49.9 Å². The van der Waals surface area contributed by atoms with Gasteiger partial charge in [0.1, 0.15) is 5.82 Å². The lowest BCUT2D eigenvalue weighted by atomic mass is 10.0. The minimum atomic E-state index is -4.42. The monoisotopic (exact) mass is 474 g/mol. The Labute approximate surface area is 199 Å². The predicted octanol–water partition coefficient (Wildman–Crippen LogP) is 5.65. The minimum Gasteiger partial charge on any atom is -0.353 e. The summed E-state index contributed by atoms with van der Waals surface area (Å²) in [6.45, 7) is 6.48. The molecule has 0 N–H and O–H groups in total. The van der Waals surface area contributed by atoms with Crippen molar-refractivity contribution in [2.45, 2.75) is 65.0 Å². The van der Waals surface area contributed by atoms with Crippen molar-refractivity contribution in [3.05, 3.63) is 41.1 Å². The van der Waals surface area contributed by atoms with Gasteiger partial charge in [-0.05, 0) is 37.8 Å². The number of carbonyl (C=O) groups is 1. The zero-order chi connectivity index (χ0) is 24.3. The van der Waals surface area contributed by atoms with Gasteiger partial charge in [0.15, 0.2) is 5.82 Å². The maximum absolute atomic E-state index is 13.2. The van der Waals surface area contributed by atoms with Crippen LogP contribution in [0, 0.1) is 12.8 Å². The smallest absolute Gasteiger partial charge is 0.353 e. The maximum atomic E-state index is 13.2. The molecule has 2 aromatic rings. The van der Waals surface area contributed by atoms with Crippen molar-refractivity contribution in [2.24, 2.45) is 5.92 Å². The van der Waals surface area contributed by atoms with Crippen molar-refractivity contribution in [2.75, 3.05) is 31.1 Å².